The molecule has 7 heteroatoms. The smallest absolute Gasteiger partial charge is 0.262 e. The molecule has 1 amide bonds. The Balaban J connectivity index is 1.40. The molecule has 2 heterocycles. The number of nitrogens with one attached hydrogen (secondary N) is 2. The number of benzene rings is 3. The zero-order chi connectivity index (χ0) is 25.8. The molecule has 0 atom stereocenters. The number of rotatable bonds is 7. The topological polar surface area (TPSA) is 100 Å². The number of nitrogens with zero attached hydrogens (tertiary/aromatic N) is 2. The average Bonchev–Trinajstić information content (AvgIpc) is 3.35. The molecule has 0 aliphatic rings. The van der Waals surface area contributed by atoms with Crippen LogP contribution < -0.4 is 14.8 Å². The van der Waals surface area contributed by atoms with Crippen molar-refractivity contribution in [2.75, 3.05) is 14.2 Å². The van der Waals surface area contributed by atoms with Gasteiger partial charge in [0, 0.05) is 35.5 Å². The lowest BCUT2D eigenvalue weighted by Crippen LogP contribution is -2.24. The van der Waals surface area contributed by atoms with Gasteiger partial charge in [-0.25, -0.2) is 4.98 Å². The Morgan fingerprint density at radius 2 is 1.81 bits per heavy atom. The Bertz CT molecular complexity index is 1690. The van der Waals surface area contributed by atoms with Crippen LogP contribution in [0.1, 0.15) is 11.1 Å². The van der Waals surface area contributed by atoms with Crippen LogP contribution in [0.4, 0.5) is 0 Å². The molecule has 2 aromatic heterocycles. The molecular formula is C30H24N4O3. The maximum absolute atomic E-state index is 12.8. The van der Waals surface area contributed by atoms with Crippen molar-refractivity contribution < 1.29 is 14.3 Å². The molecule has 5 rings (SSSR count). The van der Waals surface area contributed by atoms with Crippen LogP contribution in [0, 0.1) is 11.3 Å². The molecule has 0 aliphatic carbocycles. The number of aromatic nitrogens is 2. The normalized spacial score (nSPS) is 11.3. The molecule has 37 heavy (non-hydrogen) atoms. The fraction of sp³-hybridized carbons (Fsp3) is 0.100. The molecule has 0 saturated heterocycles. The van der Waals surface area contributed by atoms with Gasteiger partial charge in [-0.05, 0) is 52.2 Å². The Kier molecular flexibility index (Phi) is 6.56. The van der Waals surface area contributed by atoms with E-state index in [1.165, 1.54) is 5.39 Å². The van der Waals surface area contributed by atoms with Crippen molar-refractivity contribution in [3.05, 3.63) is 95.8 Å². The van der Waals surface area contributed by atoms with Crippen LogP contribution in [-0.4, -0.2) is 30.1 Å². The number of carbonyl (C=O) groups is 1. The van der Waals surface area contributed by atoms with E-state index >= 15 is 0 Å². The molecule has 0 fully saturated rings. The largest absolute Gasteiger partial charge is 0.493 e. The van der Waals surface area contributed by atoms with Crippen molar-refractivity contribution in [2.24, 2.45) is 0 Å². The van der Waals surface area contributed by atoms with E-state index in [-0.39, 0.29) is 12.1 Å². The number of amides is 1. The van der Waals surface area contributed by atoms with E-state index < -0.39 is 5.91 Å². The molecule has 7 nitrogen and oxygen atoms in total. The number of H-pyrrole nitrogens is 1. The first-order valence-corrected chi connectivity index (χ1v) is 11.7. The summed E-state index contributed by atoms with van der Waals surface area (Å²) in [5.41, 5.74) is 4.19. The van der Waals surface area contributed by atoms with Crippen molar-refractivity contribution in [1.29, 1.82) is 5.26 Å². The predicted molar refractivity (Wildman–Crippen MR) is 144 cm³/mol. The van der Waals surface area contributed by atoms with Crippen LogP contribution in [0.2, 0.25) is 0 Å². The first kappa shape index (κ1) is 23.6. The molecule has 2 N–H and O–H groups in total. The molecule has 0 saturated carbocycles. The van der Waals surface area contributed by atoms with Crippen molar-refractivity contribution in [1.82, 2.24) is 15.3 Å². The van der Waals surface area contributed by atoms with Crippen LogP contribution in [0.15, 0.2) is 84.7 Å². The van der Waals surface area contributed by atoms with Crippen molar-refractivity contribution >= 4 is 33.8 Å². The van der Waals surface area contributed by atoms with Crippen LogP contribution in [0.5, 0.6) is 11.5 Å². The lowest BCUT2D eigenvalue weighted by molar-refractivity contribution is -0.117. The van der Waals surface area contributed by atoms with Gasteiger partial charge in [0.05, 0.1) is 14.2 Å². The minimum absolute atomic E-state index is 0.00233. The van der Waals surface area contributed by atoms with Gasteiger partial charge in [0.1, 0.15) is 17.3 Å². The standard InChI is InChI=1S/C30H24N4O3/c1-36-27-10-7-19(11-28(27)37-2)16-34-30(35)23(15-31)13-25-18-33-29-26(25)14-24(17-32-29)22-9-8-20-5-3-4-6-21(20)12-22/h3-14,17-18H,16H2,1-2H3,(H,32,33)(H,34,35)/b23-13+. The van der Waals surface area contributed by atoms with E-state index in [4.69, 9.17) is 9.47 Å². The van der Waals surface area contributed by atoms with Crippen molar-refractivity contribution in [3.8, 4) is 28.7 Å². The van der Waals surface area contributed by atoms with Crippen molar-refractivity contribution in [2.45, 2.75) is 6.54 Å². The van der Waals surface area contributed by atoms with E-state index in [0.29, 0.717) is 22.7 Å². The van der Waals surface area contributed by atoms with Gasteiger partial charge in [0.25, 0.3) is 5.91 Å². The summed E-state index contributed by atoms with van der Waals surface area (Å²) in [6, 6.07) is 23.9. The number of methoxy groups -OCH3 is 2. The van der Waals surface area contributed by atoms with Gasteiger partial charge < -0.3 is 19.8 Å². The molecule has 3 aromatic carbocycles. The molecule has 0 radical (unpaired) electrons. The van der Waals surface area contributed by atoms with E-state index in [9.17, 15) is 10.1 Å². The second kappa shape index (κ2) is 10.3. The van der Waals surface area contributed by atoms with Crippen LogP contribution in [0.25, 0.3) is 39.0 Å². The molecule has 0 unspecified atom stereocenters. The zero-order valence-corrected chi connectivity index (χ0v) is 20.4. The van der Waals surface area contributed by atoms with E-state index in [2.05, 4.69) is 45.6 Å². The highest BCUT2D eigenvalue weighted by atomic mass is 16.5. The van der Waals surface area contributed by atoms with Gasteiger partial charge in [-0.2, -0.15) is 5.26 Å². The summed E-state index contributed by atoms with van der Waals surface area (Å²) in [5, 5.41) is 15.6. The third-order valence-electron chi connectivity index (χ3n) is 6.21. The van der Waals surface area contributed by atoms with Crippen LogP contribution in [0.3, 0.4) is 0 Å². The first-order chi connectivity index (χ1) is 18.1. The SMILES string of the molecule is COc1ccc(CNC(=O)/C(C#N)=C/c2c[nH]c3ncc(-c4ccc5ccccc5c4)cc23)cc1OC. The monoisotopic (exact) mass is 488 g/mol. The minimum Gasteiger partial charge on any atom is -0.493 e. The molecule has 0 spiro atoms. The summed E-state index contributed by atoms with van der Waals surface area (Å²) in [4.78, 5) is 20.5. The van der Waals surface area contributed by atoms with Gasteiger partial charge in [-0.3, -0.25) is 4.79 Å². The van der Waals surface area contributed by atoms with Gasteiger partial charge in [-0.1, -0.05) is 42.5 Å². The van der Waals surface area contributed by atoms with Gasteiger partial charge in [0.15, 0.2) is 11.5 Å². The van der Waals surface area contributed by atoms with Gasteiger partial charge >= 0.3 is 0 Å². The van der Waals surface area contributed by atoms with Crippen LogP contribution >= 0.6 is 0 Å². The highest BCUT2D eigenvalue weighted by Crippen LogP contribution is 2.29. The Morgan fingerprint density at radius 3 is 2.59 bits per heavy atom. The molecule has 0 bridgehead atoms. The molecule has 0 aliphatic heterocycles. The summed E-state index contributed by atoms with van der Waals surface area (Å²) < 4.78 is 10.6. The fourth-order valence-electron chi connectivity index (χ4n) is 4.24. The number of pyridine rings is 1. The summed E-state index contributed by atoms with van der Waals surface area (Å²) in [6.45, 7) is 0.236. The zero-order valence-electron chi connectivity index (χ0n) is 20.4. The highest BCUT2D eigenvalue weighted by molar-refractivity contribution is 6.04. The minimum atomic E-state index is -0.467. The maximum atomic E-state index is 12.8. The summed E-state index contributed by atoms with van der Waals surface area (Å²) >= 11 is 0. The Hall–Kier alpha value is -5.09. The lowest BCUT2D eigenvalue weighted by Gasteiger charge is -2.10. The quantitative estimate of drug-likeness (QED) is 0.229. The summed E-state index contributed by atoms with van der Waals surface area (Å²) in [6.07, 6.45) is 5.15. The molecule has 5 aromatic rings. The van der Waals surface area contributed by atoms with Crippen molar-refractivity contribution in [3.63, 3.8) is 0 Å². The number of hydrogen-bond donors (Lipinski definition) is 2. The predicted octanol–water partition coefficient (Wildman–Crippen LogP) is 5.62. The highest BCUT2D eigenvalue weighted by Gasteiger charge is 2.13. The second-order valence-electron chi connectivity index (χ2n) is 8.47. The van der Waals surface area contributed by atoms with Gasteiger partial charge in [0.2, 0.25) is 0 Å². The third-order valence-corrected chi connectivity index (χ3v) is 6.21. The maximum Gasteiger partial charge on any atom is 0.262 e. The average molecular weight is 489 g/mol. The van der Waals surface area contributed by atoms with Crippen LogP contribution in [-0.2, 0) is 11.3 Å². The van der Waals surface area contributed by atoms with Gasteiger partial charge in [-0.15, -0.1) is 0 Å². The number of carbonyl (C=O) groups excluding carboxylic acids is 1. The second-order valence-corrected chi connectivity index (χ2v) is 8.47. The number of ether oxygens (including phenoxy) is 2. The van der Waals surface area contributed by atoms with E-state index in [1.54, 1.807) is 38.6 Å². The fourth-order valence-corrected chi connectivity index (χ4v) is 4.24. The van der Waals surface area contributed by atoms with E-state index in [0.717, 1.165) is 27.5 Å². The summed E-state index contributed by atoms with van der Waals surface area (Å²) in [5.74, 6) is 0.704. The summed E-state index contributed by atoms with van der Waals surface area (Å²) in [7, 11) is 3.12. The molecule has 182 valence electrons. The Morgan fingerprint density at radius 1 is 1.00 bits per heavy atom. The number of aromatic amines is 1. The lowest BCUT2D eigenvalue weighted by atomic mass is 10.0. The molecular weight excluding hydrogens is 464 g/mol. The third kappa shape index (κ3) is 4.86. The first-order valence-electron chi connectivity index (χ1n) is 11.7. The number of nitriles is 1. The Labute approximate surface area is 214 Å². The number of fused-ring (bicyclic) bond motifs is 2. The number of hydrogen-bond acceptors (Lipinski definition) is 5. The van der Waals surface area contributed by atoms with E-state index in [1.807, 2.05) is 36.5 Å².